The van der Waals surface area contributed by atoms with Crippen LogP contribution in [0.1, 0.15) is 52.4 Å². The summed E-state index contributed by atoms with van der Waals surface area (Å²) in [6.45, 7) is 4.77. The summed E-state index contributed by atoms with van der Waals surface area (Å²) in [5.41, 5.74) is 0.168. The molecule has 1 amide bonds. The SMILES string of the molecule is CN1C(=O)C=C[C@@]2(C)C1CC[C@H]1[C@@H]3CC[C@H](C(=O)Sc4ccccn4)[C@@]3(C)CC[C@@H]12. The molecule has 0 aromatic carbocycles. The molecule has 1 aromatic heterocycles. The van der Waals surface area contributed by atoms with Gasteiger partial charge in [0.1, 0.15) is 5.03 Å². The molecule has 0 bridgehead atoms. The normalized spacial score (nSPS) is 42.4. The highest BCUT2D eigenvalue weighted by atomic mass is 32.2. The quantitative estimate of drug-likeness (QED) is 0.630. The molecule has 7 atom stereocenters. The number of hydrogen-bond acceptors (Lipinski definition) is 4. The lowest BCUT2D eigenvalue weighted by Crippen LogP contribution is -2.59. The summed E-state index contributed by atoms with van der Waals surface area (Å²) >= 11 is 1.34. The van der Waals surface area contributed by atoms with Crippen molar-refractivity contribution < 1.29 is 9.59 Å². The number of thioether (sulfide) groups is 1. The molecule has 0 spiro atoms. The van der Waals surface area contributed by atoms with Gasteiger partial charge >= 0.3 is 0 Å². The van der Waals surface area contributed by atoms with Crippen LogP contribution in [0.15, 0.2) is 41.6 Å². The minimum atomic E-state index is 0.0672. The molecule has 30 heavy (non-hydrogen) atoms. The number of likely N-dealkylation sites (N-methyl/N-ethyl adjacent to an activating group) is 1. The van der Waals surface area contributed by atoms with E-state index in [2.05, 4.69) is 24.9 Å². The third kappa shape index (κ3) is 2.91. The fraction of sp³-hybridized carbons (Fsp3) is 0.640. The van der Waals surface area contributed by atoms with Crippen LogP contribution in [0.2, 0.25) is 0 Å². The van der Waals surface area contributed by atoms with Gasteiger partial charge in [-0.05, 0) is 91.7 Å². The summed E-state index contributed by atoms with van der Waals surface area (Å²) in [5.74, 6) is 2.16. The molecular formula is C25H32N2O2S. The maximum atomic E-state index is 13.3. The van der Waals surface area contributed by atoms with Crippen LogP contribution in [-0.2, 0) is 9.59 Å². The summed E-state index contributed by atoms with van der Waals surface area (Å²) in [6, 6.07) is 6.10. The number of carbonyl (C=O) groups excluding carboxylic acids is 2. The van der Waals surface area contributed by atoms with Gasteiger partial charge in [0.05, 0.1) is 0 Å². The molecule has 0 N–H and O–H groups in total. The van der Waals surface area contributed by atoms with Gasteiger partial charge in [-0.25, -0.2) is 4.98 Å². The monoisotopic (exact) mass is 424 g/mol. The second kappa shape index (κ2) is 7.22. The molecule has 3 saturated carbocycles. The van der Waals surface area contributed by atoms with Crippen LogP contribution in [0.3, 0.4) is 0 Å². The van der Waals surface area contributed by atoms with Crippen molar-refractivity contribution in [3.63, 3.8) is 0 Å². The van der Waals surface area contributed by atoms with Crippen molar-refractivity contribution in [2.75, 3.05) is 7.05 Å². The number of amides is 1. The highest BCUT2D eigenvalue weighted by molar-refractivity contribution is 8.13. The molecule has 3 aliphatic carbocycles. The second-order valence-electron chi connectivity index (χ2n) is 10.4. The summed E-state index contributed by atoms with van der Waals surface area (Å²) < 4.78 is 0. The molecule has 4 nitrogen and oxygen atoms in total. The third-order valence-corrected chi connectivity index (χ3v) is 10.2. The Hall–Kier alpha value is -1.62. The Bertz CT molecular complexity index is 886. The number of hydrogen-bond donors (Lipinski definition) is 0. The van der Waals surface area contributed by atoms with Crippen LogP contribution in [0.5, 0.6) is 0 Å². The van der Waals surface area contributed by atoms with Gasteiger partial charge in [0.15, 0.2) is 5.12 Å². The molecular weight excluding hydrogens is 392 g/mol. The Morgan fingerprint density at radius 2 is 1.97 bits per heavy atom. The van der Waals surface area contributed by atoms with E-state index in [1.54, 1.807) is 12.3 Å². The molecule has 1 aromatic rings. The fourth-order valence-corrected chi connectivity index (χ4v) is 8.70. The number of pyridine rings is 1. The van der Waals surface area contributed by atoms with Crippen molar-refractivity contribution in [3.05, 3.63) is 36.5 Å². The van der Waals surface area contributed by atoms with Crippen molar-refractivity contribution in [1.29, 1.82) is 0 Å². The van der Waals surface area contributed by atoms with Gasteiger partial charge in [-0.1, -0.05) is 26.0 Å². The average molecular weight is 425 g/mol. The van der Waals surface area contributed by atoms with Gasteiger partial charge in [0, 0.05) is 30.6 Å². The highest BCUT2D eigenvalue weighted by Crippen LogP contribution is 2.66. The molecule has 2 heterocycles. The molecule has 0 saturated heterocycles. The van der Waals surface area contributed by atoms with Crippen molar-refractivity contribution in [2.45, 2.75) is 63.4 Å². The van der Waals surface area contributed by atoms with E-state index in [9.17, 15) is 9.59 Å². The Kier molecular flexibility index (Phi) is 4.88. The zero-order chi connectivity index (χ0) is 21.1. The van der Waals surface area contributed by atoms with Gasteiger partial charge in [-0.3, -0.25) is 9.59 Å². The molecule has 3 fully saturated rings. The van der Waals surface area contributed by atoms with Gasteiger partial charge in [0.25, 0.3) is 0 Å². The number of carbonyl (C=O) groups is 2. The minimum Gasteiger partial charge on any atom is -0.338 e. The van der Waals surface area contributed by atoms with Crippen LogP contribution < -0.4 is 0 Å². The Morgan fingerprint density at radius 3 is 2.73 bits per heavy atom. The summed E-state index contributed by atoms with van der Waals surface area (Å²) in [5, 5.41) is 1.12. The van der Waals surface area contributed by atoms with E-state index in [1.165, 1.54) is 18.2 Å². The zero-order valence-electron chi connectivity index (χ0n) is 18.2. The predicted molar refractivity (Wildman–Crippen MR) is 119 cm³/mol. The summed E-state index contributed by atoms with van der Waals surface area (Å²) in [7, 11) is 1.97. The molecule has 5 heteroatoms. The van der Waals surface area contributed by atoms with Crippen LogP contribution in [0.25, 0.3) is 0 Å². The van der Waals surface area contributed by atoms with E-state index in [1.807, 2.05) is 30.1 Å². The first-order valence-corrected chi connectivity index (χ1v) is 12.2. The van der Waals surface area contributed by atoms with Crippen LogP contribution in [-0.4, -0.2) is 34.0 Å². The molecule has 1 unspecified atom stereocenters. The maximum Gasteiger partial charge on any atom is 0.246 e. The van der Waals surface area contributed by atoms with Gasteiger partial charge in [-0.15, -0.1) is 0 Å². The van der Waals surface area contributed by atoms with Gasteiger partial charge < -0.3 is 4.90 Å². The summed E-state index contributed by atoms with van der Waals surface area (Å²) in [6.07, 6.45) is 12.5. The van der Waals surface area contributed by atoms with Crippen molar-refractivity contribution in [2.24, 2.45) is 34.5 Å². The number of aromatic nitrogens is 1. The Morgan fingerprint density at radius 1 is 1.13 bits per heavy atom. The second-order valence-corrected chi connectivity index (χ2v) is 11.4. The summed E-state index contributed by atoms with van der Waals surface area (Å²) in [4.78, 5) is 31.9. The topological polar surface area (TPSA) is 50.3 Å². The van der Waals surface area contributed by atoms with E-state index >= 15 is 0 Å². The molecule has 1 aliphatic heterocycles. The van der Waals surface area contributed by atoms with E-state index in [-0.39, 0.29) is 22.7 Å². The molecule has 4 aliphatic rings. The molecule has 160 valence electrons. The predicted octanol–water partition coefficient (Wildman–Crippen LogP) is 4.96. The van der Waals surface area contributed by atoms with Crippen LogP contribution in [0, 0.1) is 34.5 Å². The van der Waals surface area contributed by atoms with Crippen molar-refractivity contribution in [3.8, 4) is 0 Å². The van der Waals surface area contributed by atoms with E-state index in [0.29, 0.717) is 28.9 Å². The molecule has 5 rings (SSSR count). The highest BCUT2D eigenvalue weighted by Gasteiger charge is 2.61. The number of rotatable bonds is 2. The Labute approximate surface area is 183 Å². The maximum absolute atomic E-state index is 13.3. The largest absolute Gasteiger partial charge is 0.338 e. The number of nitrogens with zero attached hydrogens (tertiary/aromatic N) is 2. The minimum absolute atomic E-state index is 0.0672. The number of fused-ring (bicyclic) bond motifs is 5. The first-order valence-electron chi connectivity index (χ1n) is 11.4. The lowest BCUT2D eigenvalue weighted by Gasteiger charge is -2.60. The van der Waals surface area contributed by atoms with Crippen LogP contribution >= 0.6 is 11.8 Å². The first kappa shape index (κ1) is 20.3. The van der Waals surface area contributed by atoms with Crippen molar-refractivity contribution in [1.82, 2.24) is 9.88 Å². The fourth-order valence-electron chi connectivity index (χ4n) is 7.71. The van der Waals surface area contributed by atoms with E-state index in [4.69, 9.17) is 0 Å². The average Bonchev–Trinajstić information content (AvgIpc) is 3.09. The Balaban J connectivity index is 1.38. The standard InChI is InChI=1S/C25H32N2O2S/c1-24-13-11-18-16(7-10-20-25(18,2)14-12-22(28)27(20)3)17(24)8-9-19(24)23(29)30-21-6-4-5-15-26-21/h4-6,12,14-20H,7-11,13H2,1-3H3/t16-,17-,18-,19+,20?,24-,25+/m0/s1. The lowest BCUT2D eigenvalue weighted by molar-refractivity contribution is -0.140. The zero-order valence-corrected chi connectivity index (χ0v) is 19.0. The molecule has 0 radical (unpaired) electrons. The smallest absolute Gasteiger partial charge is 0.246 e. The third-order valence-electron chi connectivity index (χ3n) is 9.26. The van der Waals surface area contributed by atoms with Crippen molar-refractivity contribution >= 4 is 22.8 Å². The van der Waals surface area contributed by atoms with E-state index < -0.39 is 0 Å². The van der Waals surface area contributed by atoms with Gasteiger partial charge in [-0.2, -0.15) is 0 Å². The van der Waals surface area contributed by atoms with E-state index in [0.717, 1.165) is 37.1 Å². The van der Waals surface area contributed by atoms with Gasteiger partial charge in [0.2, 0.25) is 5.91 Å². The lowest BCUT2D eigenvalue weighted by atomic mass is 9.48. The first-order chi connectivity index (χ1) is 14.3. The van der Waals surface area contributed by atoms with Crippen LogP contribution in [0.4, 0.5) is 0 Å².